The molecular formula is C31H36N10. The minimum absolute atomic E-state index is 0.523. The van der Waals surface area contributed by atoms with Gasteiger partial charge in [0.25, 0.3) is 0 Å². The maximum absolute atomic E-state index is 4.65. The zero-order valence-corrected chi connectivity index (χ0v) is 23.7. The number of hydrogen-bond acceptors (Lipinski definition) is 6. The van der Waals surface area contributed by atoms with E-state index in [1.54, 1.807) is 10.9 Å². The van der Waals surface area contributed by atoms with E-state index in [9.17, 15) is 0 Å². The second-order valence-electron chi connectivity index (χ2n) is 11.4. The van der Waals surface area contributed by atoms with Crippen molar-refractivity contribution in [2.75, 3.05) is 13.1 Å². The lowest BCUT2D eigenvalue weighted by Crippen LogP contribution is -2.40. The second-order valence-corrected chi connectivity index (χ2v) is 11.4. The number of nitrogens with one attached hydrogen (secondary N) is 1. The number of fused-ring (bicyclic) bond motifs is 2. The molecule has 210 valence electrons. The van der Waals surface area contributed by atoms with E-state index in [2.05, 4.69) is 68.9 Å². The summed E-state index contributed by atoms with van der Waals surface area (Å²) < 4.78 is 6.06. The van der Waals surface area contributed by atoms with Gasteiger partial charge in [-0.05, 0) is 50.8 Å². The molecule has 1 N–H and O–H groups in total. The quantitative estimate of drug-likeness (QED) is 0.315. The van der Waals surface area contributed by atoms with Gasteiger partial charge < -0.3 is 9.30 Å². The Balaban J connectivity index is 0.000000149. The number of hydrogen-bond donors (Lipinski definition) is 1. The summed E-state index contributed by atoms with van der Waals surface area (Å²) in [6.07, 6.45) is 23.7. The number of imidazole rings is 1. The van der Waals surface area contributed by atoms with E-state index < -0.39 is 0 Å². The smallest absolute Gasteiger partial charge is 0.136 e. The minimum Gasteiger partial charge on any atom is -0.304 e. The molecule has 0 bridgehead atoms. The summed E-state index contributed by atoms with van der Waals surface area (Å²) in [6, 6.07) is 7.56. The van der Waals surface area contributed by atoms with E-state index in [1.165, 1.54) is 51.6 Å². The fraction of sp³-hybridized carbons (Fsp3) is 0.387. The van der Waals surface area contributed by atoms with Crippen molar-refractivity contribution >= 4 is 16.7 Å². The number of H-pyrrole nitrogens is 1. The zero-order valence-electron chi connectivity index (χ0n) is 23.7. The third-order valence-corrected chi connectivity index (χ3v) is 8.67. The van der Waals surface area contributed by atoms with Gasteiger partial charge in [-0.1, -0.05) is 12.8 Å². The number of pyridine rings is 2. The Labute approximate surface area is 239 Å². The molecule has 1 saturated carbocycles. The highest BCUT2D eigenvalue weighted by atomic mass is 15.3. The van der Waals surface area contributed by atoms with E-state index in [-0.39, 0.29) is 0 Å². The van der Waals surface area contributed by atoms with E-state index in [0.29, 0.717) is 6.04 Å². The van der Waals surface area contributed by atoms with Crippen LogP contribution in [-0.2, 0) is 7.05 Å². The SMILES string of the molecule is Cc1cnc2ccc(-c3cnn(C)c3)cn12.c1nc2cn[nH]c2cc1-c1cnn(C2CCN(C3CCCC3)CC2)c1. The number of likely N-dealkylation sites (tertiary alicyclic amines) is 1. The molecule has 2 fully saturated rings. The van der Waals surface area contributed by atoms with E-state index in [4.69, 9.17) is 0 Å². The molecule has 1 aliphatic carbocycles. The maximum Gasteiger partial charge on any atom is 0.136 e. The van der Waals surface area contributed by atoms with Crippen molar-refractivity contribution in [2.24, 2.45) is 7.05 Å². The van der Waals surface area contributed by atoms with Crippen LogP contribution in [0.15, 0.2) is 67.8 Å². The summed E-state index contributed by atoms with van der Waals surface area (Å²) in [6.45, 7) is 4.48. The van der Waals surface area contributed by atoms with Crippen LogP contribution < -0.4 is 0 Å². The van der Waals surface area contributed by atoms with Gasteiger partial charge in [-0.15, -0.1) is 0 Å². The first-order chi connectivity index (χ1) is 20.1. The minimum atomic E-state index is 0.523. The van der Waals surface area contributed by atoms with Gasteiger partial charge in [0.1, 0.15) is 11.2 Å². The summed E-state index contributed by atoms with van der Waals surface area (Å²) in [4.78, 5) is 11.5. The molecule has 10 heteroatoms. The monoisotopic (exact) mass is 548 g/mol. The Morgan fingerprint density at radius 1 is 0.756 bits per heavy atom. The Morgan fingerprint density at radius 3 is 2.37 bits per heavy atom. The van der Waals surface area contributed by atoms with Crippen LogP contribution in [0, 0.1) is 6.92 Å². The lowest BCUT2D eigenvalue weighted by atomic mass is 10.0. The van der Waals surface area contributed by atoms with Gasteiger partial charge in [0.2, 0.25) is 0 Å². The van der Waals surface area contributed by atoms with Crippen molar-refractivity contribution in [3.05, 3.63) is 73.5 Å². The number of piperidine rings is 1. The van der Waals surface area contributed by atoms with Gasteiger partial charge in [-0.3, -0.25) is 19.4 Å². The van der Waals surface area contributed by atoms with Crippen molar-refractivity contribution in [1.82, 2.24) is 49.0 Å². The van der Waals surface area contributed by atoms with E-state index >= 15 is 0 Å². The van der Waals surface area contributed by atoms with Gasteiger partial charge in [0.05, 0.1) is 30.1 Å². The number of aromatic nitrogens is 9. The third-order valence-electron chi connectivity index (χ3n) is 8.67. The van der Waals surface area contributed by atoms with Crippen LogP contribution in [0.25, 0.3) is 38.9 Å². The topological polar surface area (TPSA) is 97.7 Å². The third kappa shape index (κ3) is 5.27. The van der Waals surface area contributed by atoms with Crippen molar-refractivity contribution in [3.8, 4) is 22.3 Å². The molecular weight excluding hydrogens is 512 g/mol. The highest BCUT2D eigenvalue weighted by Gasteiger charge is 2.28. The van der Waals surface area contributed by atoms with Crippen LogP contribution in [0.1, 0.15) is 50.3 Å². The molecule has 0 atom stereocenters. The van der Waals surface area contributed by atoms with Crippen molar-refractivity contribution in [2.45, 2.75) is 57.5 Å². The van der Waals surface area contributed by atoms with Crippen LogP contribution in [0.5, 0.6) is 0 Å². The first-order valence-electron chi connectivity index (χ1n) is 14.6. The summed E-state index contributed by atoms with van der Waals surface area (Å²) in [5, 5.41) is 15.9. The number of aryl methyl sites for hydroxylation is 2. The lowest BCUT2D eigenvalue weighted by molar-refractivity contribution is 0.132. The summed E-state index contributed by atoms with van der Waals surface area (Å²) >= 11 is 0. The van der Waals surface area contributed by atoms with Crippen molar-refractivity contribution in [1.29, 1.82) is 0 Å². The van der Waals surface area contributed by atoms with Gasteiger partial charge in [0.15, 0.2) is 0 Å². The molecule has 8 rings (SSSR count). The fourth-order valence-corrected chi connectivity index (χ4v) is 6.30. The molecule has 6 aromatic heterocycles. The van der Waals surface area contributed by atoms with Crippen LogP contribution >= 0.6 is 0 Å². The van der Waals surface area contributed by atoms with Gasteiger partial charge in [0, 0.05) is 85.1 Å². The van der Waals surface area contributed by atoms with Crippen LogP contribution in [0.4, 0.5) is 0 Å². The number of aromatic amines is 1. The predicted octanol–water partition coefficient (Wildman–Crippen LogP) is 5.44. The van der Waals surface area contributed by atoms with Gasteiger partial charge >= 0.3 is 0 Å². The molecule has 7 heterocycles. The van der Waals surface area contributed by atoms with Crippen LogP contribution in [-0.4, -0.2) is 68.2 Å². The summed E-state index contributed by atoms with van der Waals surface area (Å²) in [7, 11) is 1.92. The average Bonchev–Trinajstić information content (AvgIpc) is 3.84. The standard InChI is InChI=1S/C19H24N6.C12H12N4/c1-2-4-16(3-1)24-7-5-17(6-8-24)25-13-15(11-22-25)14-9-18-19(20-10-14)12-21-23-18;1-9-5-13-12-4-3-10(8-16(9)12)11-6-14-15(2)7-11/h9-13,16-17H,1-8H2,(H,21,23);3-8H,1-2H3. The maximum atomic E-state index is 4.65. The summed E-state index contributed by atoms with van der Waals surface area (Å²) in [5.41, 5.74) is 8.48. The highest BCUT2D eigenvalue weighted by Crippen LogP contribution is 2.30. The van der Waals surface area contributed by atoms with Gasteiger partial charge in [-0.2, -0.15) is 15.3 Å². The Morgan fingerprint density at radius 2 is 1.56 bits per heavy atom. The molecule has 1 saturated heterocycles. The molecule has 0 unspecified atom stereocenters. The molecule has 10 nitrogen and oxygen atoms in total. The largest absolute Gasteiger partial charge is 0.304 e. The molecule has 6 aromatic rings. The Kier molecular flexibility index (Phi) is 6.84. The van der Waals surface area contributed by atoms with E-state index in [0.717, 1.165) is 50.7 Å². The predicted molar refractivity (Wildman–Crippen MR) is 159 cm³/mol. The molecule has 41 heavy (non-hydrogen) atoms. The van der Waals surface area contributed by atoms with Gasteiger partial charge in [-0.25, -0.2) is 4.98 Å². The number of nitrogens with zero attached hydrogens (tertiary/aromatic N) is 9. The number of rotatable bonds is 4. The molecule has 0 spiro atoms. The average molecular weight is 549 g/mol. The normalized spacial score (nSPS) is 16.9. The van der Waals surface area contributed by atoms with E-state index in [1.807, 2.05) is 51.0 Å². The van der Waals surface area contributed by atoms with Crippen LogP contribution in [0.3, 0.4) is 0 Å². The van der Waals surface area contributed by atoms with Crippen molar-refractivity contribution in [3.63, 3.8) is 0 Å². The lowest BCUT2D eigenvalue weighted by Gasteiger charge is -2.36. The molecule has 1 aliphatic heterocycles. The molecule has 0 amide bonds. The highest BCUT2D eigenvalue weighted by molar-refractivity contribution is 5.79. The molecule has 2 aliphatic rings. The van der Waals surface area contributed by atoms with Crippen molar-refractivity contribution < 1.29 is 0 Å². The Hall–Kier alpha value is -4.31. The van der Waals surface area contributed by atoms with Crippen LogP contribution in [0.2, 0.25) is 0 Å². The zero-order chi connectivity index (χ0) is 27.8. The molecule has 0 radical (unpaired) electrons. The second kappa shape index (κ2) is 10.9. The first kappa shape index (κ1) is 25.6. The molecule has 0 aromatic carbocycles. The first-order valence-corrected chi connectivity index (χ1v) is 14.6. The Bertz CT molecular complexity index is 1760. The summed E-state index contributed by atoms with van der Waals surface area (Å²) in [5.74, 6) is 0. The fourth-order valence-electron chi connectivity index (χ4n) is 6.30.